The number of ether oxygens (including phenoxy) is 1. The lowest BCUT2D eigenvalue weighted by Gasteiger charge is -2.34. The topological polar surface area (TPSA) is 90.9 Å². The molecule has 0 amide bonds. The van der Waals surface area contributed by atoms with E-state index in [0.29, 0.717) is 16.8 Å². The van der Waals surface area contributed by atoms with Crippen molar-refractivity contribution >= 4 is 11.6 Å². The third-order valence-corrected chi connectivity index (χ3v) is 5.27. The molecular weight excluding hydrogens is 442 g/mol. The minimum absolute atomic E-state index is 0.00971. The van der Waals surface area contributed by atoms with Crippen LogP contribution >= 0.6 is 11.6 Å². The molecule has 0 spiro atoms. The predicted octanol–water partition coefficient (Wildman–Crippen LogP) is 3.28. The number of benzene rings is 2. The van der Waals surface area contributed by atoms with E-state index in [0.717, 1.165) is 11.8 Å². The van der Waals surface area contributed by atoms with Crippen molar-refractivity contribution in [2.24, 2.45) is 0 Å². The highest BCUT2D eigenvalue weighted by molar-refractivity contribution is 6.30. The number of hydrogen-bond acceptors (Lipinski definition) is 6. The molecule has 0 aliphatic carbocycles. The second kappa shape index (κ2) is 9.11. The highest BCUT2D eigenvalue weighted by Crippen LogP contribution is 2.32. The zero-order valence-electron chi connectivity index (χ0n) is 16.9. The van der Waals surface area contributed by atoms with Crippen LogP contribution in [0.25, 0.3) is 5.69 Å². The summed E-state index contributed by atoms with van der Waals surface area (Å²) < 4.78 is 36.8. The first-order valence-electron chi connectivity index (χ1n) is 9.64. The van der Waals surface area contributed by atoms with Crippen molar-refractivity contribution in [1.82, 2.24) is 29.8 Å². The number of rotatable bonds is 8. The van der Waals surface area contributed by atoms with Gasteiger partial charge in [-0.3, -0.25) is 0 Å². The fraction of sp³-hybridized carbons (Fsp3) is 0.238. The van der Waals surface area contributed by atoms with E-state index < -0.39 is 23.3 Å². The summed E-state index contributed by atoms with van der Waals surface area (Å²) in [4.78, 5) is 3.84. The summed E-state index contributed by atoms with van der Waals surface area (Å²) >= 11 is 6.01. The lowest BCUT2D eigenvalue weighted by atomic mass is 9.88. The standard InChI is InChI=1S/C21H19ClF2N6O2/c1-14(32-10-17-9-30(28-27-17)18-4-2-3-15(22)7-18)21(31,11-29-13-25-12-26-29)19-6-5-16(23)8-20(19)24/h2-9,12-14,31H,10-11H2,1H3/t14-,21-/m1/s1. The summed E-state index contributed by atoms with van der Waals surface area (Å²) in [5.74, 6) is -1.64. The summed E-state index contributed by atoms with van der Waals surface area (Å²) in [7, 11) is 0. The molecule has 0 bridgehead atoms. The van der Waals surface area contributed by atoms with Crippen molar-refractivity contribution < 1.29 is 18.6 Å². The van der Waals surface area contributed by atoms with Gasteiger partial charge in [0.2, 0.25) is 0 Å². The Morgan fingerprint density at radius 3 is 2.78 bits per heavy atom. The van der Waals surface area contributed by atoms with Gasteiger partial charge in [-0.1, -0.05) is 28.9 Å². The number of aliphatic hydroxyl groups is 1. The largest absolute Gasteiger partial charge is 0.380 e. The fourth-order valence-electron chi connectivity index (χ4n) is 3.29. The molecule has 0 aliphatic rings. The molecule has 2 aromatic carbocycles. The zero-order valence-corrected chi connectivity index (χ0v) is 17.7. The molecule has 8 nitrogen and oxygen atoms in total. The zero-order chi connectivity index (χ0) is 22.7. The van der Waals surface area contributed by atoms with Gasteiger partial charge in [-0.2, -0.15) is 5.10 Å². The molecular formula is C21H19ClF2N6O2. The van der Waals surface area contributed by atoms with Crippen molar-refractivity contribution in [3.63, 3.8) is 0 Å². The second-order valence-corrected chi connectivity index (χ2v) is 7.67. The Kier molecular flexibility index (Phi) is 6.26. The smallest absolute Gasteiger partial charge is 0.138 e. The predicted molar refractivity (Wildman–Crippen MR) is 111 cm³/mol. The fourth-order valence-corrected chi connectivity index (χ4v) is 3.48. The third-order valence-electron chi connectivity index (χ3n) is 5.03. The molecule has 11 heteroatoms. The molecule has 0 fully saturated rings. The lowest BCUT2D eigenvalue weighted by Crippen LogP contribution is -2.44. The van der Waals surface area contributed by atoms with E-state index >= 15 is 0 Å². The van der Waals surface area contributed by atoms with Gasteiger partial charge in [0, 0.05) is 16.7 Å². The molecule has 4 aromatic rings. The Balaban J connectivity index is 1.55. The number of hydrogen-bond donors (Lipinski definition) is 1. The van der Waals surface area contributed by atoms with Crippen molar-refractivity contribution in [1.29, 1.82) is 0 Å². The first-order valence-corrected chi connectivity index (χ1v) is 10.0. The Hall–Kier alpha value is -3.21. The van der Waals surface area contributed by atoms with Gasteiger partial charge in [-0.25, -0.2) is 23.1 Å². The average Bonchev–Trinajstić information content (AvgIpc) is 3.44. The van der Waals surface area contributed by atoms with Gasteiger partial charge < -0.3 is 9.84 Å². The Bertz CT molecular complexity index is 1200. The highest BCUT2D eigenvalue weighted by Gasteiger charge is 2.40. The van der Waals surface area contributed by atoms with Crippen LogP contribution in [0.1, 0.15) is 18.2 Å². The Morgan fingerprint density at radius 1 is 1.22 bits per heavy atom. The van der Waals surface area contributed by atoms with Gasteiger partial charge in [0.25, 0.3) is 0 Å². The van der Waals surface area contributed by atoms with Crippen molar-refractivity contribution in [2.45, 2.75) is 31.8 Å². The van der Waals surface area contributed by atoms with E-state index in [1.165, 1.54) is 28.1 Å². The summed E-state index contributed by atoms with van der Waals surface area (Å²) in [6.45, 7) is 1.41. The molecule has 0 aliphatic heterocycles. The maximum atomic E-state index is 14.6. The van der Waals surface area contributed by atoms with Crippen LogP contribution in [0.4, 0.5) is 8.78 Å². The molecule has 1 N–H and O–H groups in total. The molecule has 32 heavy (non-hydrogen) atoms. The Labute approximate surface area is 187 Å². The normalized spacial score (nSPS) is 14.3. The van der Waals surface area contributed by atoms with Crippen LogP contribution in [0.5, 0.6) is 0 Å². The van der Waals surface area contributed by atoms with Crippen molar-refractivity contribution in [3.05, 3.63) is 89.2 Å². The summed E-state index contributed by atoms with van der Waals surface area (Å²) in [5, 5.41) is 24.1. The quantitative estimate of drug-likeness (QED) is 0.434. The SMILES string of the molecule is C[C@@H](OCc1cn(-c2cccc(Cl)c2)nn1)[C@](O)(Cn1cncn1)c1ccc(F)cc1F. The molecule has 166 valence electrons. The van der Waals surface area contributed by atoms with E-state index in [1.807, 2.05) is 6.07 Å². The molecule has 2 heterocycles. The molecule has 4 rings (SSSR count). The van der Waals surface area contributed by atoms with Gasteiger partial charge >= 0.3 is 0 Å². The number of aromatic nitrogens is 6. The van der Waals surface area contributed by atoms with Gasteiger partial charge in [0.1, 0.15) is 35.6 Å². The van der Waals surface area contributed by atoms with Crippen LogP contribution in [0.2, 0.25) is 5.02 Å². The molecule has 2 atom stereocenters. The maximum Gasteiger partial charge on any atom is 0.138 e. The minimum Gasteiger partial charge on any atom is -0.380 e. The molecule has 0 saturated heterocycles. The van der Waals surface area contributed by atoms with Gasteiger partial charge in [-0.15, -0.1) is 5.10 Å². The van der Waals surface area contributed by atoms with Crippen molar-refractivity contribution in [2.75, 3.05) is 0 Å². The molecule has 2 aromatic heterocycles. The first-order chi connectivity index (χ1) is 15.3. The van der Waals surface area contributed by atoms with Crippen LogP contribution in [0.15, 0.2) is 61.3 Å². The number of nitrogens with zero attached hydrogens (tertiary/aromatic N) is 6. The van der Waals surface area contributed by atoms with E-state index in [9.17, 15) is 13.9 Å². The monoisotopic (exact) mass is 460 g/mol. The van der Waals surface area contributed by atoms with E-state index in [-0.39, 0.29) is 18.7 Å². The van der Waals surface area contributed by atoms with E-state index in [4.69, 9.17) is 16.3 Å². The maximum absolute atomic E-state index is 14.6. The highest BCUT2D eigenvalue weighted by atomic mass is 35.5. The summed E-state index contributed by atoms with van der Waals surface area (Å²) in [6.07, 6.45) is 3.41. The van der Waals surface area contributed by atoms with Crippen molar-refractivity contribution in [3.8, 4) is 5.69 Å². The third kappa shape index (κ3) is 4.67. The van der Waals surface area contributed by atoms with E-state index in [1.54, 1.807) is 31.3 Å². The second-order valence-electron chi connectivity index (χ2n) is 7.23. The molecule has 0 saturated carbocycles. The summed E-state index contributed by atoms with van der Waals surface area (Å²) in [6, 6.07) is 10.1. The first kappa shape index (κ1) is 22.0. The average molecular weight is 461 g/mol. The van der Waals surface area contributed by atoms with Gasteiger partial charge in [-0.05, 0) is 31.2 Å². The van der Waals surface area contributed by atoms with Crippen LogP contribution in [-0.4, -0.2) is 41.0 Å². The van der Waals surface area contributed by atoms with Gasteiger partial charge in [0.05, 0.1) is 31.1 Å². The van der Waals surface area contributed by atoms with Crippen LogP contribution in [0.3, 0.4) is 0 Å². The Morgan fingerprint density at radius 2 is 2.06 bits per heavy atom. The molecule has 0 unspecified atom stereocenters. The van der Waals surface area contributed by atoms with Crippen LogP contribution in [-0.2, 0) is 23.5 Å². The van der Waals surface area contributed by atoms with Crippen LogP contribution < -0.4 is 0 Å². The van der Waals surface area contributed by atoms with Crippen LogP contribution in [0, 0.1) is 11.6 Å². The molecule has 0 radical (unpaired) electrons. The minimum atomic E-state index is -1.87. The summed E-state index contributed by atoms with van der Waals surface area (Å²) in [5.41, 5.74) is -0.779. The lowest BCUT2D eigenvalue weighted by molar-refractivity contribution is -0.124. The van der Waals surface area contributed by atoms with Gasteiger partial charge in [0.15, 0.2) is 0 Å². The van der Waals surface area contributed by atoms with E-state index in [2.05, 4.69) is 20.4 Å². The number of halogens is 3.